The van der Waals surface area contributed by atoms with Crippen LogP contribution in [-0.4, -0.2) is 0 Å². The van der Waals surface area contributed by atoms with Gasteiger partial charge >= 0.3 is 355 Å². The van der Waals surface area contributed by atoms with E-state index in [0.29, 0.717) is 34.5 Å². The predicted molar refractivity (Wildman–Crippen MR) is 248 cm³/mol. The van der Waals surface area contributed by atoms with E-state index in [9.17, 15) is 0 Å². The van der Waals surface area contributed by atoms with Crippen LogP contribution in [0.3, 0.4) is 0 Å². The first-order chi connectivity index (χ1) is 28.1. The summed E-state index contributed by atoms with van der Waals surface area (Å²) in [5, 5.41) is 0. The summed E-state index contributed by atoms with van der Waals surface area (Å²) in [7, 11) is -9.16. The molecule has 6 aromatic carbocycles. The maximum atomic E-state index is 7.39. The molecule has 11 heteroatoms. The van der Waals surface area contributed by atoms with Gasteiger partial charge in [0, 0.05) is 0 Å². The van der Waals surface area contributed by atoms with E-state index >= 15 is 0 Å². The summed E-state index contributed by atoms with van der Waals surface area (Å²) in [5.74, 6) is 4.05. The van der Waals surface area contributed by atoms with Gasteiger partial charge in [0.1, 0.15) is 0 Å². The van der Waals surface area contributed by atoms with Crippen molar-refractivity contribution >= 4 is 24.7 Å². The second kappa shape index (κ2) is 19.0. The fourth-order valence-electron chi connectivity index (χ4n) is 6.85. The number of benzene rings is 6. The number of aryl methyl sites for hydroxylation is 12. The molecule has 0 aliphatic carbocycles. The van der Waals surface area contributed by atoms with Gasteiger partial charge in [-0.3, -0.25) is 0 Å². The van der Waals surface area contributed by atoms with Crippen molar-refractivity contribution in [1.29, 1.82) is 0 Å². The van der Waals surface area contributed by atoms with Crippen LogP contribution in [0.1, 0.15) is 66.8 Å². The van der Waals surface area contributed by atoms with Gasteiger partial charge in [-0.2, -0.15) is 0 Å². The van der Waals surface area contributed by atoms with Gasteiger partial charge in [0.05, 0.1) is 0 Å². The first kappa shape index (κ1) is 43.7. The number of hydrogen-bond acceptors (Lipinski definition) is 8. The Hall–Kier alpha value is -4.83. The molecule has 0 aromatic heterocycles. The van der Waals surface area contributed by atoms with Gasteiger partial charge in [0.2, 0.25) is 0 Å². The molecule has 0 fully saturated rings. The predicted octanol–water partition coefficient (Wildman–Crippen LogP) is 14.6. The normalized spacial score (nSPS) is 11.7. The van der Waals surface area contributed by atoms with Crippen molar-refractivity contribution in [3.8, 4) is 34.5 Å². The molecule has 310 valence electrons. The molecule has 0 spiro atoms. The Morgan fingerprint density at radius 2 is 0.610 bits per heavy atom. The summed E-state index contributed by atoms with van der Waals surface area (Å²) < 4.78 is 48.5. The molecule has 0 atom stereocenters. The number of nitrogens with one attached hydrogen (secondary N) is 1. The molecule has 0 bridgehead atoms. The average Bonchev–Trinajstić information content (AvgIpc) is 3.17. The number of para-hydroxylation sites is 6. The van der Waals surface area contributed by atoms with Crippen LogP contribution in [0.5, 0.6) is 34.5 Å². The number of hydrogen-bond donors (Lipinski definition) is 1. The Labute approximate surface area is 353 Å². The van der Waals surface area contributed by atoms with Crippen molar-refractivity contribution < 1.29 is 27.1 Å². The number of nitrogens with zero attached hydrogens (tertiary/aromatic N) is 1. The zero-order valence-electron chi connectivity index (χ0n) is 36.2. The fourth-order valence-corrected chi connectivity index (χ4v) is 14.1. The maximum absolute atomic E-state index is 7.39. The van der Waals surface area contributed by atoms with Gasteiger partial charge in [-0.05, 0) is 0 Å². The second-order valence-corrected chi connectivity index (χ2v) is 20.4. The van der Waals surface area contributed by atoms with Crippen LogP contribution < -0.4 is 32.0 Å². The molecule has 0 saturated heterocycles. The minimum atomic E-state index is -4.33. The molecule has 59 heavy (non-hydrogen) atoms. The van der Waals surface area contributed by atoms with Crippen LogP contribution in [0, 0.1) is 83.1 Å². The standard InChI is InChI=1S/C48H57N2O6P3/c1-31-19-13-20-32(2)43(31)51-57(52-44-33(3)21-14-22-34(44)4)49-59(55-47-39(9)27-17-28-40(47)10,56-48-41(11)29-18-30-42(48)12)50-58(53-45-35(5)23-15-24-36(45)6)54-46-37(7)25-16-26-38(46)8/h13-30,49,58-59H,1-12H3. The van der Waals surface area contributed by atoms with Crippen LogP contribution in [0.2, 0.25) is 0 Å². The van der Waals surface area contributed by atoms with E-state index in [-0.39, 0.29) is 0 Å². The molecule has 0 unspecified atom stereocenters. The van der Waals surface area contributed by atoms with Crippen LogP contribution in [-0.2, 0) is 0 Å². The van der Waals surface area contributed by atoms with Crippen LogP contribution in [0.15, 0.2) is 114 Å². The average molecular weight is 851 g/mol. The Balaban J connectivity index is 1.67. The summed E-state index contributed by atoms with van der Waals surface area (Å²) >= 11 is 0. The van der Waals surface area contributed by atoms with Crippen molar-refractivity contribution in [3.63, 3.8) is 0 Å². The third-order valence-corrected chi connectivity index (χ3v) is 16.3. The Bertz CT molecular complexity index is 2220. The topological polar surface area (TPSA) is 79.8 Å². The van der Waals surface area contributed by atoms with E-state index in [2.05, 4.69) is 4.86 Å². The van der Waals surface area contributed by atoms with Gasteiger partial charge in [-0.25, -0.2) is 0 Å². The molecule has 8 nitrogen and oxygen atoms in total. The molecule has 1 N–H and O–H groups in total. The first-order valence-corrected chi connectivity index (χ1v) is 24.0. The van der Waals surface area contributed by atoms with Gasteiger partial charge in [-0.15, -0.1) is 0 Å². The second-order valence-electron chi connectivity index (χ2n) is 15.2. The Morgan fingerprint density at radius 1 is 0.373 bits per heavy atom. The van der Waals surface area contributed by atoms with Crippen molar-refractivity contribution in [2.24, 2.45) is 4.52 Å². The summed E-state index contributed by atoms with van der Waals surface area (Å²) in [5.41, 5.74) is 11.3. The molecular weight excluding hydrogens is 793 g/mol. The van der Waals surface area contributed by atoms with Gasteiger partial charge in [0.15, 0.2) is 0 Å². The van der Waals surface area contributed by atoms with E-state index in [0.717, 1.165) is 66.8 Å². The zero-order chi connectivity index (χ0) is 42.4. The van der Waals surface area contributed by atoms with Gasteiger partial charge in [0.25, 0.3) is 0 Å². The van der Waals surface area contributed by atoms with Crippen LogP contribution in [0.25, 0.3) is 0 Å². The van der Waals surface area contributed by atoms with Crippen molar-refractivity contribution in [1.82, 2.24) is 4.86 Å². The minimum absolute atomic E-state index is 0.635. The van der Waals surface area contributed by atoms with Crippen molar-refractivity contribution in [3.05, 3.63) is 176 Å². The monoisotopic (exact) mass is 850 g/mol. The van der Waals surface area contributed by atoms with Crippen LogP contribution in [0.4, 0.5) is 0 Å². The molecule has 0 aliphatic rings. The molecule has 0 heterocycles. The third kappa shape index (κ3) is 10.5. The summed E-state index contributed by atoms with van der Waals surface area (Å²) in [6, 6.07) is 36.4. The molecule has 0 aliphatic heterocycles. The summed E-state index contributed by atoms with van der Waals surface area (Å²) in [6.45, 7) is 24.3. The molecule has 6 rings (SSSR count). The molecule has 0 saturated carbocycles. The number of rotatable bonds is 15. The molecule has 0 amide bonds. The Kier molecular flexibility index (Phi) is 14.1. The van der Waals surface area contributed by atoms with E-state index in [1.54, 1.807) is 0 Å². The van der Waals surface area contributed by atoms with Crippen molar-refractivity contribution in [2.75, 3.05) is 0 Å². The molecule has 0 radical (unpaired) electrons. The first-order valence-electron chi connectivity index (χ1n) is 19.8. The Morgan fingerprint density at radius 3 is 0.881 bits per heavy atom. The molecular formula is C48H57N2O6P3. The zero-order valence-corrected chi connectivity index (χ0v) is 39.1. The quantitative estimate of drug-likeness (QED) is 0.103. The van der Waals surface area contributed by atoms with E-state index < -0.39 is 24.7 Å². The third-order valence-electron chi connectivity index (χ3n) is 10.1. The van der Waals surface area contributed by atoms with E-state index in [1.165, 1.54) is 0 Å². The van der Waals surface area contributed by atoms with Gasteiger partial charge < -0.3 is 0 Å². The summed E-state index contributed by atoms with van der Waals surface area (Å²) in [6.07, 6.45) is 0. The van der Waals surface area contributed by atoms with Gasteiger partial charge in [-0.1, -0.05) is 0 Å². The fraction of sp³-hybridized carbons (Fsp3) is 0.250. The van der Waals surface area contributed by atoms with Crippen LogP contribution >= 0.6 is 24.7 Å². The van der Waals surface area contributed by atoms with E-state index in [1.807, 2.05) is 192 Å². The summed E-state index contributed by atoms with van der Waals surface area (Å²) in [4.78, 5) is 3.75. The SMILES string of the molecule is Cc1cccc(C)c1OP(N[PH](N=[PH](Oc1c(C)cccc1C)Oc1c(C)cccc1C)(Oc1c(C)cccc1C)Oc1c(C)cccc1C)Oc1c(C)cccc1C. The van der Waals surface area contributed by atoms with Crippen molar-refractivity contribution in [2.45, 2.75) is 83.1 Å². The molecule has 6 aromatic rings. The van der Waals surface area contributed by atoms with E-state index in [4.69, 9.17) is 31.7 Å².